The minimum absolute atomic E-state index is 0.0987. The zero-order valence-electron chi connectivity index (χ0n) is 10.3. The van der Waals surface area contributed by atoms with E-state index in [1.165, 1.54) is 6.20 Å². The molecule has 0 aliphatic rings. The maximum atomic E-state index is 12.1. The number of hydrogen-bond donors (Lipinski definition) is 1. The van der Waals surface area contributed by atoms with E-state index in [0.29, 0.717) is 11.3 Å². The molecule has 19 heavy (non-hydrogen) atoms. The SMILES string of the molecule is Cc1ccnc(Cl)c1NS(=O)(=O)Cc1ccccc1. The Kier molecular flexibility index (Phi) is 4.07. The Labute approximate surface area is 117 Å². The zero-order valence-corrected chi connectivity index (χ0v) is 11.9. The monoisotopic (exact) mass is 296 g/mol. The van der Waals surface area contributed by atoms with Gasteiger partial charge in [-0.25, -0.2) is 13.4 Å². The number of anilines is 1. The van der Waals surface area contributed by atoms with Crippen molar-refractivity contribution in [2.24, 2.45) is 0 Å². The van der Waals surface area contributed by atoms with E-state index in [-0.39, 0.29) is 10.9 Å². The Morgan fingerprint density at radius 3 is 2.53 bits per heavy atom. The first-order valence-electron chi connectivity index (χ1n) is 5.63. The van der Waals surface area contributed by atoms with Gasteiger partial charge in [-0.05, 0) is 24.1 Å². The van der Waals surface area contributed by atoms with Crippen molar-refractivity contribution in [1.82, 2.24) is 4.98 Å². The number of nitrogens with zero attached hydrogens (tertiary/aromatic N) is 1. The lowest BCUT2D eigenvalue weighted by molar-refractivity contribution is 0.600. The molecule has 0 bridgehead atoms. The molecule has 0 spiro atoms. The molecule has 0 unspecified atom stereocenters. The molecule has 100 valence electrons. The minimum Gasteiger partial charge on any atom is -0.280 e. The summed E-state index contributed by atoms with van der Waals surface area (Å²) < 4.78 is 26.6. The fraction of sp³-hybridized carbons (Fsp3) is 0.154. The molecule has 0 radical (unpaired) electrons. The van der Waals surface area contributed by atoms with Crippen LogP contribution in [0.25, 0.3) is 0 Å². The predicted molar refractivity (Wildman–Crippen MR) is 76.7 cm³/mol. The Hall–Kier alpha value is -1.59. The Morgan fingerprint density at radius 1 is 1.21 bits per heavy atom. The minimum atomic E-state index is -3.51. The van der Waals surface area contributed by atoms with Crippen molar-refractivity contribution in [2.45, 2.75) is 12.7 Å². The van der Waals surface area contributed by atoms with E-state index in [0.717, 1.165) is 5.56 Å². The van der Waals surface area contributed by atoms with Crippen LogP contribution in [0.1, 0.15) is 11.1 Å². The summed E-state index contributed by atoms with van der Waals surface area (Å²) in [7, 11) is -3.51. The number of aromatic nitrogens is 1. The maximum Gasteiger partial charge on any atom is 0.237 e. The van der Waals surface area contributed by atoms with Crippen LogP contribution in [0.5, 0.6) is 0 Å². The van der Waals surface area contributed by atoms with E-state index in [2.05, 4.69) is 9.71 Å². The van der Waals surface area contributed by atoms with Crippen molar-refractivity contribution >= 4 is 27.3 Å². The third-order valence-electron chi connectivity index (χ3n) is 2.57. The number of aryl methyl sites for hydroxylation is 1. The lowest BCUT2D eigenvalue weighted by Crippen LogP contribution is -2.16. The third-order valence-corrected chi connectivity index (χ3v) is 4.09. The largest absolute Gasteiger partial charge is 0.280 e. The van der Waals surface area contributed by atoms with E-state index in [1.54, 1.807) is 37.3 Å². The molecular weight excluding hydrogens is 284 g/mol. The van der Waals surface area contributed by atoms with Crippen LogP contribution >= 0.6 is 11.6 Å². The number of hydrogen-bond acceptors (Lipinski definition) is 3. The smallest absolute Gasteiger partial charge is 0.237 e. The number of rotatable bonds is 4. The van der Waals surface area contributed by atoms with Gasteiger partial charge in [-0.3, -0.25) is 4.72 Å². The van der Waals surface area contributed by atoms with Crippen LogP contribution in [0.3, 0.4) is 0 Å². The average Bonchev–Trinajstić information content (AvgIpc) is 2.35. The number of halogens is 1. The standard InChI is InChI=1S/C13H13ClN2O2S/c1-10-7-8-15-13(14)12(10)16-19(17,18)9-11-5-3-2-4-6-11/h2-8,16H,9H2,1H3. The normalized spacial score (nSPS) is 11.3. The molecule has 0 saturated heterocycles. The van der Waals surface area contributed by atoms with Gasteiger partial charge in [-0.1, -0.05) is 41.9 Å². The van der Waals surface area contributed by atoms with E-state index in [4.69, 9.17) is 11.6 Å². The summed E-state index contributed by atoms with van der Waals surface area (Å²) in [5.41, 5.74) is 1.78. The van der Waals surface area contributed by atoms with Gasteiger partial charge in [-0.2, -0.15) is 0 Å². The summed E-state index contributed by atoms with van der Waals surface area (Å²) in [4.78, 5) is 3.87. The van der Waals surface area contributed by atoms with Crippen molar-refractivity contribution in [3.63, 3.8) is 0 Å². The molecule has 0 aliphatic heterocycles. The molecular formula is C13H13ClN2O2S. The summed E-state index contributed by atoms with van der Waals surface area (Å²) >= 11 is 5.90. The van der Waals surface area contributed by atoms with Gasteiger partial charge >= 0.3 is 0 Å². The van der Waals surface area contributed by atoms with Gasteiger partial charge in [0, 0.05) is 6.20 Å². The molecule has 1 aromatic carbocycles. The van der Waals surface area contributed by atoms with Crippen molar-refractivity contribution in [3.8, 4) is 0 Å². The summed E-state index contributed by atoms with van der Waals surface area (Å²) in [6.07, 6.45) is 1.53. The number of pyridine rings is 1. The number of benzene rings is 1. The van der Waals surface area contributed by atoms with Crippen LogP contribution in [-0.4, -0.2) is 13.4 Å². The summed E-state index contributed by atoms with van der Waals surface area (Å²) in [5.74, 6) is -0.0987. The molecule has 0 saturated carbocycles. The topological polar surface area (TPSA) is 59.1 Å². The van der Waals surface area contributed by atoms with E-state index in [1.807, 2.05) is 6.07 Å². The highest BCUT2D eigenvalue weighted by Gasteiger charge is 2.15. The summed E-state index contributed by atoms with van der Waals surface area (Å²) in [6, 6.07) is 10.7. The van der Waals surface area contributed by atoms with Crippen LogP contribution in [0.15, 0.2) is 42.6 Å². The second-order valence-electron chi connectivity index (χ2n) is 4.14. The van der Waals surface area contributed by atoms with Gasteiger partial charge in [0.15, 0.2) is 5.15 Å². The van der Waals surface area contributed by atoms with Crippen LogP contribution in [0.2, 0.25) is 5.15 Å². The quantitative estimate of drug-likeness (QED) is 0.882. The molecule has 1 N–H and O–H groups in total. The van der Waals surface area contributed by atoms with Gasteiger partial charge in [-0.15, -0.1) is 0 Å². The van der Waals surface area contributed by atoms with Crippen molar-refractivity contribution in [3.05, 3.63) is 58.9 Å². The Morgan fingerprint density at radius 2 is 1.89 bits per heavy atom. The molecule has 1 aromatic heterocycles. The van der Waals surface area contributed by atoms with Crippen LogP contribution in [0, 0.1) is 6.92 Å². The maximum absolute atomic E-state index is 12.1. The van der Waals surface area contributed by atoms with Gasteiger partial charge in [0.1, 0.15) is 0 Å². The Balaban J connectivity index is 2.23. The molecule has 6 heteroatoms. The van der Waals surface area contributed by atoms with Gasteiger partial charge < -0.3 is 0 Å². The molecule has 1 heterocycles. The molecule has 2 rings (SSSR count). The highest BCUT2D eigenvalue weighted by atomic mass is 35.5. The van der Waals surface area contributed by atoms with Crippen LogP contribution in [-0.2, 0) is 15.8 Å². The number of nitrogens with one attached hydrogen (secondary N) is 1. The molecule has 0 aliphatic carbocycles. The average molecular weight is 297 g/mol. The van der Waals surface area contributed by atoms with Crippen molar-refractivity contribution in [1.29, 1.82) is 0 Å². The van der Waals surface area contributed by atoms with E-state index < -0.39 is 10.0 Å². The lowest BCUT2D eigenvalue weighted by atomic mass is 10.2. The van der Waals surface area contributed by atoms with Crippen molar-refractivity contribution < 1.29 is 8.42 Å². The predicted octanol–water partition coefficient (Wildman–Crippen LogP) is 2.99. The first kappa shape index (κ1) is 13.8. The first-order valence-corrected chi connectivity index (χ1v) is 7.66. The molecule has 0 fully saturated rings. The van der Waals surface area contributed by atoms with E-state index in [9.17, 15) is 8.42 Å². The highest BCUT2D eigenvalue weighted by molar-refractivity contribution is 7.91. The first-order chi connectivity index (χ1) is 8.98. The van der Waals surface area contributed by atoms with Crippen molar-refractivity contribution in [2.75, 3.05) is 4.72 Å². The Bertz CT molecular complexity index is 652. The fourth-order valence-electron chi connectivity index (χ4n) is 1.63. The second kappa shape index (κ2) is 5.59. The molecule has 2 aromatic rings. The van der Waals surface area contributed by atoms with Crippen LogP contribution < -0.4 is 4.72 Å². The summed E-state index contributed by atoms with van der Waals surface area (Å²) in [6.45, 7) is 1.77. The van der Waals surface area contributed by atoms with Crippen LogP contribution in [0.4, 0.5) is 5.69 Å². The lowest BCUT2D eigenvalue weighted by Gasteiger charge is -2.11. The molecule has 4 nitrogen and oxygen atoms in total. The molecule has 0 amide bonds. The van der Waals surface area contributed by atoms with Gasteiger partial charge in [0.2, 0.25) is 10.0 Å². The molecule has 0 atom stereocenters. The third kappa shape index (κ3) is 3.68. The zero-order chi connectivity index (χ0) is 13.9. The fourth-order valence-corrected chi connectivity index (χ4v) is 3.21. The number of sulfonamides is 1. The van der Waals surface area contributed by atoms with Gasteiger partial charge in [0.05, 0.1) is 11.4 Å². The summed E-state index contributed by atoms with van der Waals surface area (Å²) in [5, 5.41) is 0.150. The van der Waals surface area contributed by atoms with E-state index >= 15 is 0 Å². The second-order valence-corrected chi connectivity index (χ2v) is 6.22. The van der Waals surface area contributed by atoms with Gasteiger partial charge in [0.25, 0.3) is 0 Å². The highest BCUT2D eigenvalue weighted by Crippen LogP contribution is 2.24.